The number of rotatable bonds is 5. The van der Waals surface area contributed by atoms with E-state index in [1.165, 1.54) is 63.2 Å². The molecule has 0 amide bonds. The molecule has 248 valence electrons. The van der Waals surface area contributed by atoms with Crippen molar-refractivity contribution in [1.82, 2.24) is 0 Å². The number of hydrogen-bond acceptors (Lipinski definition) is 0. The summed E-state index contributed by atoms with van der Waals surface area (Å²) in [5.41, 5.74) is 12.4. The topological polar surface area (TPSA) is 0 Å². The second kappa shape index (κ2) is 13.2. The molecule has 5 heteroatoms. The first-order chi connectivity index (χ1) is 21.1. The number of fused-ring (bicyclic) bond motifs is 3. The van der Waals surface area contributed by atoms with E-state index in [0.717, 1.165) is 16.5 Å². The van der Waals surface area contributed by atoms with Crippen LogP contribution in [0.25, 0.3) is 11.1 Å². The van der Waals surface area contributed by atoms with Crippen molar-refractivity contribution in [2.24, 2.45) is 17.3 Å². The van der Waals surface area contributed by atoms with Crippen molar-refractivity contribution in [1.29, 1.82) is 0 Å². The first-order valence-corrected chi connectivity index (χ1v) is 23.7. The van der Waals surface area contributed by atoms with Crippen LogP contribution in [0.5, 0.6) is 0 Å². The number of hydrogen-bond donors (Lipinski definition) is 0. The van der Waals surface area contributed by atoms with Crippen LogP contribution in [0.15, 0.2) is 87.7 Å². The molecule has 0 bridgehead atoms. The van der Waals surface area contributed by atoms with E-state index in [2.05, 4.69) is 141 Å². The molecule has 0 aromatic heterocycles. The van der Waals surface area contributed by atoms with Gasteiger partial charge in [-0.3, -0.25) is 0 Å². The molecule has 4 aromatic rings. The molecule has 1 atom stereocenters. The van der Waals surface area contributed by atoms with Gasteiger partial charge in [0.15, 0.2) is 0 Å². The average molecular weight is 786 g/mol. The summed E-state index contributed by atoms with van der Waals surface area (Å²) in [6.07, 6.45) is 6.07. The van der Waals surface area contributed by atoms with E-state index < -0.39 is 18.3 Å². The van der Waals surface area contributed by atoms with E-state index in [4.69, 9.17) is 27.4 Å². The molecule has 0 nitrogen and oxygen atoms in total. The number of benzene rings is 4. The van der Waals surface area contributed by atoms with Crippen molar-refractivity contribution in [3.05, 3.63) is 131 Å². The molecule has 2 aliphatic carbocycles. The zero-order valence-electron chi connectivity index (χ0n) is 29.1. The normalized spacial score (nSPS) is 15.8. The van der Waals surface area contributed by atoms with Crippen molar-refractivity contribution in [2.75, 3.05) is 0 Å². The maximum absolute atomic E-state index is 6.64. The number of allylic oxidation sites excluding steroid dienone is 4. The monoisotopic (exact) mass is 782 g/mol. The zero-order valence-corrected chi connectivity index (χ0v) is 34.7. The summed E-state index contributed by atoms with van der Waals surface area (Å²) in [6, 6.07) is 24.8. The van der Waals surface area contributed by atoms with Gasteiger partial charge in [-0.1, -0.05) is 0 Å². The molecule has 0 aliphatic heterocycles. The molecular weight excluding hydrogens is 737 g/mol. The van der Waals surface area contributed by atoms with Gasteiger partial charge in [-0.2, -0.15) is 0 Å². The third-order valence-electron chi connectivity index (χ3n) is 11.1. The fraction of sp³-hybridized carbons (Fsp3) is 0.310. The van der Waals surface area contributed by atoms with Gasteiger partial charge in [-0.15, -0.1) is 24.8 Å². The van der Waals surface area contributed by atoms with Crippen molar-refractivity contribution >= 4 is 62.0 Å². The van der Waals surface area contributed by atoms with Crippen molar-refractivity contribution in [3.8, 4) is 11.1 Å². The van der Waals surface area contributed by atoms with Crippen molar-refractivity contribution < 1.29 is 18.3 Å². The van der Waals surface area contributed by atoms with Gasteiger partial charge in [0.05, 0.1) is 0 Å². The predicted molar refractivity (Wildman–Crippen MR) is 211 cm³/mol. The van der Waals surface area contributed by atoms with Crippen LogP contribution in [0.4, 0.5) is 0 Å². The summed E-state index contributed by atoms with van der Waals surface area (Å²) in [6.45, 7) is 20.9. The van der Waals surface area contributed by atoms with Gasteiger partial charge < -0.3 is 0 Å². The van der Waals surface area contributed by atoms with E-state index >= 15 is 0 Å². The zero-order chi connectivity index (χ0) is 32.7. The van der Waals surface area contributed by atoms with Crippen molar-refractivity contribution in [3.63, 3.8) is 0 Å². The van der Waals surface area contributed by atoms with Crippen LogP contribution in [0.3, 0.4) is 0 Å². The Hall–Kier alpha value is -1.73. The Bertz CT molecular complexity index is 1940. The third kappa shape index (κ3) is 5.85. The molecule has 4 aromatic carbocycles. The van der Waals surface area contributed by atoms with Crippen molar-refractivity contribution in [2.45, 2.75) is 68.7 Å². The third-order valence-corrected chi connectivity index (χ3v) is 28.2. The summed E-state index contributed by atoms with van der Waals surface area (Å²) in [7, 11) is 0. The Morgan fingerprint density at radius 1 is 0.745 bits per heavy atom. The maximum atomic E-state index is 6.64. The van der Waals surface area contributed by atoms with E-state index in [0.29, 0.717) is 5.92 Å². The van der Waals surface area contributed by atoms with E-state index in [1.54, 1.807) is 0 Å². The van der Waals surface area contributed by atoms with Crippen LogP contribution in [0.2, 0.25) is 10.0 Å². The molecule has 0 N–H and O–H groups in total. The van der Waals surface area contributed by atoms with E-state index in [1.807, 2.05) is 0 Å². The van der Waals surface area contributed by atoms with Crippen LogP contribution in [0.1, 0.15) is 68.0 Å². The quantitative estimate of drug-likeness (QED) is 0.167. The molecular formula is C42H48Cl4Zr. The molecule has 2 aliphatic rings. The summed E-state index contributed by atoms with van der Waals surface area (Å²) in [4.78, 5) is 0. The van der Waals surface area contributed by atoms with Gasteiger partial charge in [0.25, 0.3) is 0 Å². The molecule has 0 saturated heterocycles. The number of halogens is 4. The molecule has 0 heterocycles. The Balaban J connectivity index is 0.00000250. The van der Waals surface area contributed by atoms with Crippen LogP contribution < -0.4 is 9.81 Å². The SMILES string of the molecule is Cl.Cl.[CH2]=[Zr]([C]1=CC(C(C)(C)C)=CC1C(C)C)([c]1ccc(Cl)cc1)([c]1ccc(Cl)cc1)[c]1c(C)c(C)cc2c1Cc1cc(C)c(C)cc1-2. The molecule has 1 unspecified atom stereocenters. The minimum absolute atomic E-state index is 0. The number of aryl methyl sites for hydroxylation is 3. The molecule has 0 spiro atoms. The van der Waals surface area contributed by atoms with E-state index in [9.17, 15) is 0 Å². The fourth-order valence-electron chi connectivity index (χ4n) is 8.31. The molecule has 0 radical (unpaired) electrons. The Morgan fingerprint density at radius 2 is 1.23 bits per heavy atom. The molecule has 47 heavy (non-hydrogen) atoms. The summed E-state index contributed by atoms with van der Waals surface area (Å²) >= 11 is 8.19. The first kappa shape index (κ1) is 38.1. The van der Waals surface area contributed by atoms with Crippen LogP contribution in [0, 0.1) is 44.9 Å². The molecule has 0 fully saturated rings. The van der Waals surface area contributed by atoms with Gasteiger partial charge in [0.1, 0.15) is 0 Å². The summed E-state index contributed by atoms with van der Waals surface area (Å²) in [5.74, 6) is 0.670. The Labute approximate surface area is 306 Å². The molecule has 6 rings (SSSR count). The minimum atomic E-state index is -5.10. The van der Waals surface area contributed by atoms with E-state index in [-0.39, 0.29) is 36.1 Å². The Kier molecular flexibility index (Phi) is 10.7. The van der Waals surface area contributed by atoms with Gasteiger partial charge in [0.2, 0.25) is 0 Å². The summed E-state index contributed by atoms with van der Waals surface area (Å²) < 4.78 is 11.4. The van der Waals surface area contributed by atoms with Crippen LogP contribution in [-0.4, -0.2) is 4.21 Å². The van der Waals surface area contributed by atoms with Gasteiger partial charge in [0, 0.05) is 0 Å². The summed E-state index contributed by atoms with van der Waals surface area (Å²) in [5, 5.41) is 1.50. The van der Waals surface area contributed by atoms with Gasteiger partial charge in [-0.25, -0.2) is 0 Å². The Morgan fingerprint density at radius 3 is 1.72 bits per heavy atom. The standard InChI is InChI=1S/C17H17.C12H19.2C6H4Cl.CH2.2ClH.Zr/c1-10-5-14-9-15-6-11(2)13(4)8-17(15)16(14)7-12(10)3;1-9(2)10-6-7-11(8-10)12(3,4)5;2*7-6-4-2-1-3-5-6;;;;/h5,7-8H,9H2,1-4H3;7-10H,1-5H3;2*2-5H;1H2;2*1H;. The second-order valence-electron chi connectivity index (χ2n) is 15.2. The van der Waals surface area contributed by atoms with Crippen LogP contribution in [-0.2, 0) is 24.7 Å². The second-order valence-corrected chi connectivity index (χ2v) is 28.7. The predicted octanol–water partition coefficient (Wildman–Crippen LogP) is 11.2. The average Bonchev–Trinajstić information content (AvgIpc) is 3.58. The first-order valence-electron chi connectivity index (χ1n) is 16.3. The van der Waals surface area contributed by atoms with Crippen LogP contribution >= 0.6 is 48.0 Å². The molecule has 0 saturated carbocycles. The van der Waals surface area contributed by atoms with Gasteiger partial charge >= 0.3 is 284 Å². The van der Waals surface area contributed by atoms with Gasteiger partial charge in [-0.05, 0) is 0 Å². The fourth-order valence-corrected chi connectivity index (χ4v) is 26.3.